The molecule has 2 rings (SSSR count). The molecule has 6 heteroatoms. The quantitative estimate of drug-likeness (QED) is 0.849. The van der Waals surface area contributed by atoms with Crippen molar-refractivity contribution in [1.29, 1.82) is 0 Å². The zero-order valence-corrected chi connectivity index (χ0v) is 10.8. The number of hydrogen-bond acceptors (Lipinski definition) is 3. The van der Waals surface area contributed by atoms with E-state index in [1.807, 2.05) is 19.1 Å². The van der Waals surface area contributed by atoms with Crippen LogP contribution in [0.2, 0.25) is 0 Å². The van der Waals surface area contributed by atoms with Crippen molar-refractivity contribution in [2.24, 2.45) is 5.92 Å². The molecule has 0 unspecified atom stereocenters. The number of hydrogen-bond donors (Lipinski definition) is 2. The molecule has 1 fully saturated rings. The van der Waals surface area contributed by atoms with E-state index < -0.39 is 5.97 Å². The summed E-state index contributed by atoms with van der Waals surface area (Å²) >= 11 is 0. The summed E-state index contributed by atoms with van der Waals surface area (Å²) in [6, 6.07) is 3.64. The standard InChI is InChI=1S/C13H17N3O3/c1-9-3-2-4-14-11(9)6-15-13(19)16-7-10(8-16)5-12(17)18/h2-4,10H,5-8H2,1H3,(H,15,19)(H,17,18). The lowest BCUT2D eigenvalue weighted by molar-refractivity contribution is -0.139. The van der Waals surface area contributed by atoms with E-state index in [0.29, 0.717) is 19.6 Å². The van der Waals surface area contributed by atoms with Gasteiger partial charge in [0.15, 0.2) is 0 Å². The number of likely N-dealkylation sites (tertiary alicyclic amines) is 1. The summed E-state index contributed by atoms with van der Waals surface area (Å²) in [5.41, 5.74) is 1.88. The van der Waals surface area contributed by atoms with E-state index in [-0.39, 0.29) is 18.4 Å². The molecule has 1 aromatic rings. The molecule has 0 saturated carbocycles. The average molecular weight is 263 g/mol. The lowest BCUT2D eigenvalue weighted by Crippen LogP contribution is -2.54. The van der Waals surface area contributed by atoms with Crippen molar-refractivity contribution < 1.29 is 14.7 Å². The fraction of sp³-hybridized carbons (Fsp3) is 0.462. The number of rotatable bonds is 4. The molecule has 2 heterocycles. The predicted molar refractivity (Wildman–Crippen MR) is 68.5 cm³/mol. The Morgan fingerprint density at radius 2 is 2.26 bits per heavy atom. The Labute approximate surface area is 111 Å². The van der Waals surface area contributed by atoms with Gasteiger partial charge in [0.25, 0.3) is 0 Å². The maximum absolute atomic E-state index is 11.8. The average Bonchev–Trinajstić information content (AvgIpc) is 2.31. The minimum atomic E-state index is -0.811. The minimum absolute atomic E-state index is 0.0832. The van der Waals surface area contributed by atoms with Gasteiger partial charge in [-0.2, -0.15) is 0 Å². The molecular formula is C13H17N3O3. The zero-order valence-electron chi connectivity index (χ0n) is 10.8. The van der Waals surface area contributed by atoms with Gasteiger partial charge in [-0.25, -0.2) is 4.79 Å². The van der Waals surface area contributed by atoms with Crippen LogP contribution in [0, 0.1) is 12.8 Å². The molecule has 0 atom stereocenters. The van der Waals surface area contributed by atoms with Gasteiger partial charge in [0.05, 0.1) is 18.7 Å². The summed E-state index contributed by atoms with van der Waals surface area (Å²) in [6.07, 6.45) is 1.82. The Morgan fingerprint density at radius 1 is 1.53 bits per heavy atom. The molecule has 1 aromatic heterocycles. The molecule has 1 saturated heterocycles. The SMILES string of the molecule is Cc1cccnc1CNC(=O)N1CC(CC(=O)O)C1. The van der Waals surface area contributed by atoms with Crippen LogP contribution in [0.4, 0.5) is 4.79 Å². The van der Waals surface area contributed by atoms with Gasteiger partial charge in [0.1, 0.15) is 0 Å². The van der Waals surface area contributed by atoms with Gasteiger partial charge in [-0.3, -0.25) is 9.78 Å². The molecule has 0 bridgehead atoms. The third-order valence-corrected chi connectivity index (χ3v) is 3.23. The summed E-state index contributed by atoms with van der Waals surface area (Å²) in [5, 5.41) is 11.4. The fourth-order valence-electron chi connectivity index (χ4n) is 2.09. The number of aryl methyl sites for hydroxylation is 1. The van der Waals surface area contributed by atoms with Gasteiger partial charge < -0.3 is 15.3 Å². The van der Waals surface area contributed by atoms with Crippen molar-refractivity contribution in [1.82, 2.24) is 15.2 Å². The van der Waals surface area contributed by atoms with Gasteiger partial charge in [0.2, 0.25) is 0 Å². The molecule has 0 aromatic carbocycles. The minimum Gasteiger partial charge on any atom is -0.481 e. The van der Waals surface area contributed by atoms with Crippen molar-refractivity contribution in [3.8, 4) is 0 Å². The van der Waals surface area contributed by atoms with Crippen molar-refractivity contribution in [3.63, 3.8) is 0 Å². The van der Waals surface area contributed by atoms with Gasteiger partial charge >= 0.3 is 12.0 Å². The summed E-state index contributed by atoms with van der Waals surface area (Å²) in [7, 11) is 0. The Hall–Kier alpha value is -2.11. The van der Waals surface area contributed by atoms with Gasteiger partial charge in [-0.05, 0) is 18.6 Å². The highest BCUT2D eigenvalue weighted by atomic mass is 16.4. The summed E-state index contributed by atoms with van der Waals surface area (Å²) in [6.45, 7) is 3.37. The molecule has 2 amide bonds. The first-order valence-corrected chi connectivity index (χ1v) is 6.21. The highest BCUT2D eigenvalue weighted by Gasteiger charge is 2.31. The van der Waals surface area contributed by atoms with E-state index in [9.17, 15) is 9.59 Å². The molecule has 1 aliphatic rings. The predicted octanol–water partition coefficient (Wildman–Crippen LogP) is 1.01. The number of pyridine rings is 1. The third-order valence-electron chi connectivity index (χ3n) is 3.23. The summed E-state index contributed by atoms with van der Waals surface area (Å²) in [4.78, 5) is 28.1. The van der Waals surface area contributed by atoms with Crippen molar-refractivity contribution in [2.45, 2.75) is 19.9 Å². The smallest absolute Gasteiger partial charge is 0.317 e. The summed E-state index contributed by atoms with van der Waals surface area (Å²) < 4.78 is 0. The second-order valence-corrected chi connectivity index (χ2v) is 4.79. The number of aliphatic carboxylic acids is 1. The van der Waals surface area contributed by atoms with Crippen LogP contribution in [0.1, 0.15) is 17.7 Å². The molecule has 19 heavy (non-hydrogen) atoms. The van der Waals surface area contributed by atoms with Crippen LogP contribution in [0.3, 0.4) is 0 Å². The number of aromatic nitrogens is 1. The molecule has 0 radical (unpaired) electrons. The van der Waals surface area contributed by atoms with E-state index in [1.54, 1.807) is 11.1 Å². The zero-order chi connectivity index (χ0) is 13.8. The second kappa shape index (κ2) is 5.69. The van der Waals surface area contributed by atoms with E-state index >= 15 is 0 Å². The Balaban J connectivity index is 1.75. The van der Waals surface area contributed by atoms with Crippen LogP contribution in [0.25, 0.3) is 0 Å². The second-order valence-electron chi connectivity index (χ2n) is 4.79. The largest absolute Gasteiger partial charge is 0.481 e. The fourth-order valence-corrected chi connectivity index (χ4v) is 2.09. The molecule has 0 aliphatic carbocycles. The number of nitrogens with one attached hydrogen (secondary N) is 1. The maximum atomic E-state index is 11.8. The van der Waals surface area contributed by atoms with Crippen molar-refractivity contribution in [3.05, 3.63) is 29.6 Å². The van der Waals surface area contributed by atoms with E-state index in [4.69, 9.17) is 5.11 Å². The Bertz CT molecular complexity index is 484. The Kier molecular flexibility index (Phi) is 3.99. The van der Waals surface area contributed by atoms with Crippen LogP contribution in [-0.2, 0) is 11.3 Å². The number of carbonyl (C=O) groups is 2. The molecule has 1 aliphatic heterocycles. The number of carboxylic acids is 1. The van der Waals surface area contributed by atoms with Gasteiger partial charge in [-0.1, -0.05) is 6.07 Å². The molecule has 0 spiro atoms. The van der Waals surface area contributed by atoms with E-state index in [2.05, 4.69) is 10.3 Å². The number of amides is 2. The van der Waals surface area contributed by atoms with Crippen LogP contribution >= 0.6 is 0 Å². The normalized spacial score (nSPS) is 14.9. The van der Waals surface area contributed by atoms with Crippen LogP contribution in [-0.4, -0.2) is 40.1 Å². The summed E-state index contributed by atoms with van der Waals surface area (Å²) in [5.74, 6) is -0.728. The lowest BCUT2D eigenvalue weighted by atomic mass is 9.97. The highest BCUT2D eigenvalue weighted by Crippen LogP contribution is 2.18. The van der Waals surface area contributed by atoms with Gasteiger partial charge in [0, 0.05) is 25.2 Å². The first-order valence-electron chi connectivity index (χ1n) is 6.21. The van der Waals surface area contributed by atoms with Crippen molar-refractivity contribution in [2.75, 3.05) is 13.1 Å². The van der Waals surface area contributed by atoms with E-state index in [0.717, 1.165) is 11.3 Å². The highest BCUT2D eigenvalue weighted by molar-refractivity contribution is 5.75. The first kappa shape index (κ1) is 13.3. The Morgan fingerprint density at radius 3 is 2.89 bits per heavy atom. The molecule has 102 valence electrons. The van der Waals surface area contributed by atoms with Crippen LogP contribution in [0.15, 0.2) is 18.3 Å². The molecule has 2 N–H and O–H groups in total. The van der Waals surface area contributed by atoms with Crippen molar-refractivity contribution >= 4 is 12.0 Å². The number of carboxylic acid groups (broad SMARTS) is 1. The number of carbonyl (C=O) groups excluding carboxylic acids is 1. The number of urea groups is 1. The van der Waals surface area contributed by atoms with Crippen LogP contribution < -0.4 is 5.32 Å². The monoisotopic (exact) mass is 263 g/mol. The van der Waals surface area contributed by atoms with Gasteiger partial charge in [-0.15, -0.1) is 0 Å². The van der Waals surface area contributed by atoms with Crippen LogP contribution in [0.5, 0.6) is 0 Å². The lowest BCUT2D eigenvalue weighted by Gasteiger charge is -2.38. The molecule has 6 nitrogen and oxygen atoms in total. The third kappa shape index (κ3) is 3.43. The number of nitrogens with zero attached hydrogens (tertiary/aromatic N) is 2. The topological polar surface area (TPSA) is 82.5 Å². The molecular weight excluding hydrogens is 246 g/mol. The maximum Gasteiger partial charge on any atom is 0.317 e. The first-order chi connectivity index (χ1) is 9.06. The van der Waals surface area contributed by atoms with E-state index in [1.165, 1.54) is 0 Å².